The van der Waals surface area contributed by atoms with Gasteiger partial charge in [-0.15, -0.1) is 5.10 Å². The number of methoxy groups -OCH3 is 1. The average Bonchev–Trinajstić information content (AvgIpc) is 3.05. The number of tetrazole rings is 1. The van der Waals surface area contributed by atoms with Crippen molar-refractivity contribution < 1.29 is 9.53 Å². The lowest BCUT2D eigenvalue weighted by Gasteiger charge is -2.31. The van der Waals surface area contributed by atoms with Gasteiger partial charge in [-0.05, 0) is 66.1 Å². The number of ether oxygens (including phenoxy) is 1. The van der Waals surface area contributed by atoms with Crippen molar-refractivity contribution in [1.29, 1.82) is 0 Å². The number of carbonyl (C=O) groups is 1. The summed E-state index contributed by atoms with van der Waals surface area (Å²) >= 11 is 0. The van der Waals surface area contributed by atoms with Crippen LogP contribution in [0.1, 0.15) is 53.5 Å². The molecule has 1 fully saturated rings. The average molecular weight is 391 g/mol. The molecule has 2 aromatic carbocycles. The van der Waals surface area contributed by atoms with Crippen LogP contribution in [-0.4, -0.2) is 44.7 Å². The number of rotatable bonds is 4. The van der Waals surface area contributed by atoms with Crippen LogP contribution in [0.25, 0.3) is 5.69 Å². The number of aryl methyl sites for hydroxylation is 1. The Hall–Kier alpha value is -3.22. The van der Waals surface area contributed by atoms with Gasteiger partial charge in [-0.1, -0.05) is 31.0 Å². The molecule has 150 valence electrons. The molecule has 4 rings (SSSR count). The van der Waals surface area contributed by atoms with Crippen LogP contribution in [0, 0.1) is 6.92 Å². The Morgan fingerprint density at radius 3 is 2.66 bits per heavy atom. The predicted molar refractivity (Wildman–Crippen MR) is 109 cm³/mol. The van der Waals surface area contributed by atoms with E-state index >= 15 is 0 Å². The van der Waals surface area contributed by atoms with E-state index in [-0.39, 0.29) is 11.9 Å². The number of hydrogen-bond acceptors (Lipinski definition) is 5. The summed E-state index contributed by atoms with van der Waals surface area (Å²) in [5.74, 6) is 1.55. The quantitative estimate of drug-likeness (QED) is 0.677. The highest BCUT2D eigenvalue weighted by molar-refractivity contribution is 5.95. The highest BCUT2D eigenvalue weighted by Gasteiger charge is 2.28. The van der Waals surface area contributed by atoms with Crippen molar-refractivity contribution in [3.63, 3.8) is 0 Å². The molecular weight excluding hydrogens is 366 g/mol. The maximum atomic E-state index is 13.5. The predicted octanol–water partition coefficient (Wildman–Crippen LogP) is 3.74. The molecule has 1 aromatic heterocycles. The molecule has 0 radical (unpaired) electrons. The molecule has 0 saturated carbocycles. The molecule has 0 aliphatic carbocycles. The van der Waals surface area contributed by atoms with E-state index in [2.05, 4.69) is 27.7 Å². The molecular formula is C22H25N5O2. The van der Waals surface area contributed by atoms with Gasteiger partial charge in [0.25, 0.3) is 5.91 Å². The number of likely N-dealkylation sites (tertiary alicyclic amines) is 1. The van der Waals surface area contributed by atoms with Crippen LogP contribution < -0.4 is 4.74 Å². The Labute approximate surface area is 170 Å². The normalized spacial score (nSPS) is 17.0. The van der Waals surface area contributed by atoms with Crippen LogP contribution in [-0.2, 0) is 0 Å². The van der Waals surface area contributed by atoms with Gasteiger partial charge < -0.3 is 9.64 Å². The molecule has 1 aliphatic rings. The number of nitrogens with zero attached hydrogens (tertiary/aromatic N) is 5. The molecule has 0 N–H and O–H groups in total. The monoisotopic (exact) mass is 391 g/mol. The minimum Gasteiger partial charge on any atom is -0.497 e. The summed E-state index contributed by atoms with van der Waals surface area (Å²) in [5, 5.41) is 11.6. The second kappa shape index (κ2) is 8.43. The van der Waals surface area contributed by atoms with Crippen LogP contribution in [0.4, 0.5) is 0 Å². The van der Waals surface area contributed by atoms with Crippen LogP contribution >= 0.6 is 0 Å². The van der Waals surface area contributed by atoms with Crippen molar-refractivity contribution in [1.82, 2.24) is 25.1 Å². The van der Waals surface area contributed by atoms with E-state index in [0.717, 1.165) is 49.2 Å². The molecule has 1 unspecified atom stereocenters. The zero-order chi connectivity index (χ0) is 20.2. The fourth-order valence-corrected chi connectivity index (χ4v) is 3.93. The first-order valence-electron chi connectivity index (χ1n) is 9.98. The van der Waals surface area contributed by atoms with Gasteiger partial charge in [-0.25, -0.2) is 0 Å². The zero-order valence-corrected chi connectivity index (χ0v) is 16.8. The summed E-state index contributed by atoms with van der Waals surface area (Å²) in [5.41, 5.74) is 2.58. The Morgan fingerprint density at radius 2 is 1.93 bits per heavy atom. The largest absolute Gasteiger partial charge is 0.497 e. The maximum Gasteiger partial charge on any atom is 0.254 e. The molecule has 7 heteroatoms. The van der Waals surface area contributed by atoms with E-state index in [1.54, 1.807) is 11.8 Å². The molecule has 1 aliphatic heterocycles. The van der Waals surface area contributed by atoms with Crippen molar-refractivity contribution in [3.8, 4) is 11.4 Å². The summed E-state index contributed by atoms with van der Waals surface area (Å²) in [6.45, 7) is 2.59. The lowest BCUT2D eigenvalue weighted by molar-refractivity contribution is 0.0681. The third kappa shape index (κ3) is 3.99. The molecule has 3 aromatic rings. The fraction of sp³-hybridized carbons (Fsp3) is 0.364. The van der Waals surface area contributed by atoms with Gasteiger partial charge in [0.1, 0.15) is 5.75 Å². The molecule has 29 heavy (non-hydrogen) atoms. The first kappa shape index (κ1) is 19.1. The highest BCUT2D eigenvalue weighted by atomic mass is 16.5. The third-order valence-electron chi connectivity index (χ3n) is 5.48. The Bertz CT molecular complexity index is 983. The van der Waals surface area contributed by atoms with Crippen molar-refractivity contribution in [2.24, 2.45) is 0 Å². The summed E-state index contributed by atoms with van der Waals surface area (Å²) in [6.07, 6.45) is 4.23. The SMILES string of the molecule is COc1ccc(C2CCCCCN2C(=O)c2cccc(-n3nnnc3C)c2)cc1. The van der Waals surface area contributed by atoms with Gasteiger partial charge in [0, 0.05) is 12.1 Å². The van der Waals surface area contributed by atoms with E-state index in [1.165, 1.54) is 0 Å². The minimum atomic E-state index is 0.0419. The number of hydrogen-bond donors (Lipinski definition) is 0. The van der Waals surface area contributed by atoms with Crippen LogP contribution in [0.5, 0.6) is 5.75 Å². The lowest BCUT2D eigenvalue weighted by Crippen LogP contribution is -2.34. The van der Waals surface area contributed by atoms with Gasteiger partial charge in [-0.3, -0.25) is 4.79 Å². The smallest absolute Gasteiger partial charge is 0.254 e. The summed E-state index contributed by atoms with van der Waals surface area (Å²) in [6, 6.07) is 15.6. The molecule has 1 amide bonds. The lowest BCUT2D eigenvalue weighted by atomic mass is 10.00. The number of amides is 1. The topological polar surface area (TPSA) is 73.1 Å². The van der Waals surface area contributed by atoms with E-state index < -0.39 is 0 Å². The number of aromatic nitrogens is 4. The van der Waals surface area contributed by atoms with Crippen molar-refractivity contribution in [3.05, 3.63) is 65.5 Å². The standard InChI is InChI=1S/C22H25N5O2/c1-16-23-24-25-27(16)19-8-6-7-18(15-19)22(28)26-14-5-3-4-9-21(26)17-10-12-20(29-2)13-11-17/h6-8,10-13,15,21H,3-5,9,14H2,1-2H3. The highest BCUT2D eigenvalue weighted by Crippen LogP contribution is 2.32. The zero-order valence-electron chi connectivity index (χ0n) is 16.8. The molecule has 7 nitrogen and oxygen atoms in total. The first-order chi connectivity index (χ1) is 14.2. The summed E-state index contributed by atoms with van der Waals surface area (Å²) in [4.78, 5) is 15.5. The Morgan fingerprint density at radius 1 is 1.10 bits per heavy atom. The second-order valence-corrected chi connectivity index (χ2v) is 7.33. The second-order valence-electron chi connectivity index (χ2n) is 7.33. The Balaban J connectivity index is 1.65. The summed E-state index contributed by atoms with van der Waals surface area (Å²) < 4.78 is 6.92. The number of carbonyl (C=O) groups excluding carboxylic acids is 1. The van der Waals surface area contributed by atoms with Gasteiger partial charge >= 0.3 is 0 Å². The van der Waals surface area contributed by atoms with Crippen molar-refractivity contribution >= 4 is 5.91 Å². The van der Waals surface area contributed by atoms with Gasteiger partial charge in [-0.2, -0.15) is 4.68 Å². The van der Waals surface area contributed by atoms with Crippen molar-refractivity contribution in [2.75, 3.05) is 13.7 Å². The summed E-state index contributed by atoms with van der Waals surface area (Å²) in [7, 11) is 1.66. The molecule has 1 atom stereocenters. The van der Waals surface area contributed by atoms with E-state index in [9.17, 15) is 4.79 Å². The van der Waals surface area contributed by atoms with Crippen LogP contribution in [0.15, 0.2) is 48.5 Å². The van der Waals surface area contributed by atoms with Crippen LogP contribution in [0.2, 0.25) is 0 Å². The van der Waals surface area contributed by atoms with Gasteiger partial charge in [0.2, 0.25) is 0 Å². The molecule has 1 saturated heterocycles. The molecule has 2 heterocycles. The fourth-order valence-electron chi connectivity index (χ4n) is 3.93. The van der Waals surface area contributed by atoms with Gasteiger partial charge in [0.15, 0.2) is 5.82 Å². The van der Waals surface area contributed by atoms with Crippen molar-refractivity contribution in [2.45, 2.75) is 38.6 Å². The minimum absolute atomic E-state index is 0.0419. The van der Waals surface area contributed by atoms with E-state index in [0.29, 0.717) is 11.4 Å². The molecule has 0 bridgehead atoms. The first-order valence-corrected chi connectivity index (χ1v) is 9.98. The van der Waals surface area contributed by atoms with E-state index in [1.807, 2.05) is 48.2 Å². The Kier molecular flexibility index (Phi) is 5.55. The third-order valence-corrected chi connectivity index (χ3v) is 5.48. The molecule has 0 spiro atoms. The van der Waals surface area contributed by atoms with Gasteiger partial charge in [0.05, 0.1) is 18.8 Å². The van der Waals surface area contributed by atoms with Crippen LogP contribution in [0.3, 0.4) is 0 Å². The number of benzene rings is 2. The maximum absolute atomic E-state index is 13.5. The van der Waals surface area contributed by atoms with E-state index in [4.69, 9.17) is 4.74 Å².